The summed E-state index contributed by atoms with van der Waals surface area (Å²) in [5.41, 5.74) is 4.58. The van der Waals surface area contributed by atoms with Gasteiger partial charge >= 0.3 is 12.0 Å². The Morgan fingerprint density at radius 1 is 0.885 bits per heavy atom. The Labute approximate surface area is 517 Å². The molecule has 10 rings (SSSR count). The molecule has 5 aliphatic rings. The van der Waals surface area contributed by atoms with E-state index in [2.05, 4.69) is 75.0 Å². The molecule has 1 aliphatic carbocycles. The highest BCUT2D eigenvalue weighted by Crippen LogP contribution is 2.48. The highest BCUT2D eigenvalue weighted by Gasteiger charge is 2.43. The lowest BCUT2D eigenvalue weighted by molar-refractivity contribution is -0.120. The van der Waals surface area contributed by atoms with Gasteiger partial charge < -0.3 is 43.7 Å². The predicted octanol–water partition coefficient (Wildman–Crippen LogP) is 11.2. The number of likely N-dealkylation sites (tertiary alicyclic amines) is 1. The number of pyridine rings is 1. The second kappa shape index (κ2) is 26.7. The average Bonchev–Trinajstić information content (AvgIpc) is 0.757. The largest absolute Gasteiger partial charge is 0.495 e. The number of piperazine rings is 1. The monoisotopic (exact) mass is 1220 g/mol. The van der Waals surface area contributed by atoms with Gasteiger partial charge in [0.15, 0.2) is 12.6 Å². The van der Waals surface area contributed by atoms with Crippen LogP contribution in [0.25, 0.3) is 32.9 Å². The van der Waals surface area contributed by atoms with E-state index in [1.165, 1.54) is 36.3 Å². The predicted molar refractivity (Wildman–Crippen MR) is 338 cm³/mol. The first-order valence-corrected chi connectivity index (χ1v) is 33.6. The van der Waals surface area contributed by atoms with Crippen LogP contribution in [-0.4, -0.2) is 166 Å². The van der Waals surface area contributed by atoms with Crippen molar-refractivity contribution in [3.05, 3.63) is 71.4 Å². The van der Waals surface area contributed by atoms with Crippen LogP contribution in [0.3, 0.4) is 0 Å². The van der Waals surface area contributed by atoms with Gasteiger partial charge in [-0.1, -0.05) is 60.5 Å². The van der Waals surface area contributed by atoms with Crippen molar-refractivity contribution in [2.24, 2.45) is 17.3 Å². The van der Waals surface area contributed by atoms with Crippen LogP contribution < -0.4 is 29.3 Å². The fourth-order valence-electron chi connectivity index (χ4n) is 14.8. The number of hydrogen-bond donors (Lipinski definition) is 2. The second-order valence-electron chi connectivity index (χ2n) is 26.5. The molecule has 5 fully saturated rings. The van der Waals surface area contributed by atoms with Crippen molar-refractivity contribution in [1.82, 2.24) is 35.0 Å². The van der Waals surface area contributed by atoms with Gasteiger partial charge in [0.1, 0.15) is 42.4 Å². The van der Waals surface area contributed by atoms with Crippen molar-refractivity contribution in [3.63, 3.8) is 0 Å². The maximum absolute atomic E-state index is 17.9. The van der Waals surface area contributed by atoms with Crippen LogP contribution in [0, 0.1) is 40.3 Å². The summed E-state index contributed by atoms with van der Waals surface area (Å²) in [6, 6.07) is 10.2. The maximum atomic E-state index is 17.9. The van der Waals surface area contributed by atoms with Crippen molar-refractivity contribution in [2.75, 3.05) is 109 Å². The molecule has 4 amide bonds. The highest BCUT2D eigenvalue weighted by atomic mass is 28.3. The smallest absolute Gasteiger partial charge is 0.328 e. The zero-order valence-electron chi connectivity index (χ0n) is 55.2. The fourth-order valence-corrected chi connectivity index (χ4v) is 20.0. The topological polar surface area (TPSA) is 175 Å². The van der Waals surface area contributed by atoms with Gasteiger partial charge in [-0.2, -0.15) is 9.97 Å². The van der Waals surface area contributed by atoms with Crippen LogP contribution in [0.5, 0.6) is 17.5 Å². The van der Waals surface area contributed by atoms with Crippen molar-refractivity contribution in [2.45, 2.75) is 135 Å². The lowest BCUT2D eigenvalue weighted by Gasteiger charge is -2.47. The summed E-state index contributed by atoms with van der Waals surface area (Å²) in [6.45, 7) is 25.0. The van der Waals surface area contributed by atoms with Crippen molar-refractivity contribution < 1.29 is 51.3 Å². The molecule has 87 heavy (non-hydrogen) atoms. The summed E-state index contributed by atoms with van der Waals surface area (Å²) in [7, 11) is -3.61. The molecule has 1 saturated carbocycles. The first-order valence-electron chi connectivity index (χ1n) is 32.8. The minimum Gasteiger partial charge on any atom is -0.495 e. The van der Waals surface area contributed by atoms with Crippen LogP contribution in [0.1, 0.15) is 133 Å². The molecule has 4 aliphatic heterocycles. The van der Waals surface area contributed by atoms with E-state index in [1.807, 2.05) is 9.80 Å². The van der Waals surface area contributed by atoms with E-state index in [4.69, 9.17) is 38.0 Å². The summed E-state index contributed by atoms with van der Waals surface area (Å²) in [4.78, 5) is 63.2. The number of fused-ring (bicyclic) bond motifs is 2. The van der Waals surface area contributed by atoms with Crippen LogP contribution >= 0.6 is 0 Å². The Bertz CT molecular complexity index is 3500. The highest BCUT2D eigenvalue weighted by molar-refractivity contribution is 6.90. The summed E-state index contributed by atoms with van der Waals surface area (Å²) in [6.07, 6.45) is 9.18. The number of nitrogens with zero attached hydrogens (tertiary/aromatic N) is 8. The normalized spacial score (nSPS) is 21.0. The summed E-state index contributed by atoms with van der Waals surface area (Å²) < 4.78 is 80.2. The molecule has 0 radical (unpaired) electrons. The third-order valence-electron chi connectivity index (χ3n) is 19.5. The molecule has 0 bridgehead atoms. The average molecular weight is 1220 g/mol. The number of carbonyl (C=O) groups is 3. The van der Waals surface area contributed by atoms with E-state index in [1.54, 1.807) is 31.3 Å². The summed E-state index contributed by atoms with van der Waals surface area (Å²) in [5.74, 6) is 2.85. The molecule has 468 valence electrons. The summed E-state index contributed by atoms with van der Waals surface area (Å²) >= 11 is 0. The molecule has 2 aromatic heterocycles. The molecule has 0 unspecified atom stereocenters. The third-order valence-corrected chi connectivity index (χ3v) is 25.8. The number of amides is 4. The van der Waals surface area contributed by atoms with Gasteiger partial charge in [0, 0.05) is 114 Å². The van der Waals surface area contributed by atoms with E-state index in [9.17, 15) is 19.5 Å². The Morgan fingerprint density at radius 3 is 2.29 bits per heavy atom. The van der Waals surface area contributed by atoms with E-state index < -0.39 is 44.3 Å². The number of imide groups is 1. The molecule has 2 N–H and O–H groups in total. The van der Waals surface area contributed by atoms with E-state index in [0.29, 0.717) is 93.9 Å². The lowest BCUT2D eigenvalue weighted by Crippen LogP contribution is -2.50. The van der Waals surface area contributed by atoms with Gasteiger partial charge in [-0.05, 0) is 128 Å². The molecule has 1 spiro atoms. The Morgan fingerprint density at radius 2 is 1.61 bits per heavy atom. The van der Waals surface area contributed by atoms with Crippen LogP contribution in [0.15, 0.2) is 48.7 Å². The van der Waals surface area contributed by atoms with Crippen LogP contribution in [0.4, 0.5) is 25.1 Å². The number of carbonyl (C=O) groups excluding carboxylic acids is 3. The number of halogens is 2. The van der Waals surface area contributed by atoms with Gasteiger partial charge in [0.25, 0.3) is 5.91 Å². The molecule has 3 aromatic carbocycles. The Balaban J connectivity index is 0.784. The van der Waals surface area contributed by atoms with Gasteiger partial charge in [-0.25, -0.2) is 13.6 Å². The van der Waals surface area contributed by atoms with E-state index in [0.717, 1.165) is 77.8 Å². The zero-order chi connectivity index (χ0) is 64.5. The lowest BCUT2D eigenvalue weighted by atomic mass is 9.65. The number of nitrogens with one attached hydrogen (secondary N) is 1. The molecule has 2 atom stereocenters. The SMILES string of the molecule is [2H]C([2H])([2H])Oc1ccc(C(=O)N2CCC3(CCC(CN4CCN(C[C@@H](C)COc5nc(N6CCC[C@@](C)(O)C6)c6cnc(-c7cc(OCOC)cc8ccc(F)c(C#C[Si](C(C)C)(C(C)C)C(C)C)c78)c(F)c6n5)CC4)CC3)CC2)cc1N1CCC(=O)NC1=O. The molecule has 4 saturated heterocycles. The first-order chi connectivity index (χ1) is 42.8. The van der Waals surface area contributed by atoms with Crippen molar-refractivity contribution in [3.8, 4) is 40.2 Å². The zero-order valence-corrected chi connectivity index (χ0v) is 53.2. The maximum Gasteiger partial charge on any atom is 0.328 e. The number of rotatable bonds is 18. The van der Waals surface area contributed by atoms with Crippen molar-refractivity contribution in [1.29, 1.82) is 0 Å². The first kappa shape index (κ1) is 59.5. The summed E-state index contributed by atoms with van der Waals surface area (Å²) in [5, 5.41) is 14.9. The fraction of sp³-hybridized carbons (Fsp3) is 0.582. The molecule has 17 nitrogen and oxygen atoms in total. The third kappa shape index (κ3) is 13.7. The number of aliphatic hydroxyl groups is 1. The molecular formula is C67H89F2N9O8Si. The van der Waals surface area contributed by atoms with Gasteiger partial charge in [0.05, 0.1) is 40.0 Å². The standard InChI is InChI=1S/C67H89F2N9O8Si/c1-43(2)87(44(3)4,45(5)6)33-19-51-54(68)14-12-48-34-50(86-42-83-9)36-52(58(48)51)60-59(69)61-53(37-70-60)62(77-25-11-20-66(8,82)41-77)73-64(72-61)85-40-46(7)38-74-29-31-75(32-30-74)39-47-16-21-67(22-17-47)23-27-76(28-24-67)63(80)49-13-15-56(84-10)55(35-49)78-26-18-57(79)71-65(78)81/h12-15,34-37,43-47,82H,11,16-18,20-32,38-42H2,1-10H3,(H,71,79,81)/t46-,66-/m1/s1/i10D3. The number of β-amino-alcohol motifs (C(OH)–C–C–N with tert-alkyl or cyclic N) is 1. The molecule has 20 heteroatoms. The number of anilines is 2. The number of hydrogen-bond acceptors (Lipinski definition) is 14. The molecule has 6 heterocycles. The van der Waals surface area contributed by atoms with Crippen molar-refractivity contribution >= 4 is 59.1 Å². The minimum absolute atomic E-state index is 0.00839. The van der Waals surface area contributed by atoms with Crippen LogP contribution in [-0.2, 0) is 9.53 Å². The van der Waals surface area contributed by atoms with Gasteiger partial charge in [-0.15, -0.1) is 5.54 Å². The van der Waals surface area contributed by atoms with Gasteiger partial charge in [0.2, 0.25) is 5.91 Å². The number of methoxy groups -OCH3 is 2. The number of aromatic nitrogens is 3. The number of urea groups is 1. The van der Waals surface area contributed by atoms with Crippen LogP contribution in [0.2, 0.25) is 16.6 Å². The number of piperidine rings is 2. The minimum atomic E-state index is -2.79. The quantitative estimate of drug-likeness (QED) is 0.0481. The molecular weight excluding hydrogens is 1120 g/mol. The number of benzene rings is 3. The Hall–Kier alpha value is -6.50. The number of ether oxygens (including phenoxy) is 4. The Kier molecular flexibility index (Phi) is 18.2. The van der Waals surface area contributed by atoms with Gasteiger partial charge in [-0.3, -0.25) is 24.8 Å². The second-order valence-corrected chi connectivity index (χ2v) is 32.1. The molecule has 5 aromatic rings. The van der Waals surface area contributed by atoms with E-state index in [-0.39, 0.29) is 84.4 Å². The van der Waals surface area contributed by atoms with E-state index >= 15 is 8.78 Å².